The Morgan fingerprint density at radius 1 is 1.33 bits per heavy atom. The molecule has 0 radical (unpaired) electrons. The molecule has 2 unspecified atom stereocenters. The minimum atomic E-state index is 0.381. The van der Waals surface area contributed by atoms with Crippen LogP contribution in [0, 0.1) is 11.8 Å². The molecule has 2 saturated heterocycles. The molecule has 104 valence electrons. The SMILES string of the molecule is CC(C)CCC(=O)N1CCCC(C2CCCN2)C1. The molecule has 0 aromatic heterocycles. The Hall–Kier alpha value is -0.570. The van der Waals surface area contributed by atoms with E-state index in [2.05, 4.69) is 24.1 Å². The van der Waals surface area contributed by atoms with Gasteiger partial charge in [-0.1, -0.05) is 13.8 Å². The molecule has 2 fully saturated rings. The lowest BCUT2D eigenvalue weighted by Gasteiger charge is -2.36. The highest BCUT2D eigenvalue weighted by Gasteiger charge is 2.30. The van der Waals surface area contributed by atoms with Crippen LogP contribution in [-0.2, 0) is 4.79 Å². The van der Waals surface area contributed by atoms with E-state index in [-0.39, 0.29) is 0 Å². The summed E-state index contributed by atoms with van der Waals surface area (Å²) >= 11 is 0. The standard InChI is InChI=1S/C15H28N2O/c1-12(2)7-8-15(18)17-10-4-5-13(11-17)14-6-3-9-16-14/h12-14,16H,3-11H2,1-2H3. The van der Waals surface area contributed by atoms with Gasteiger partial charge in [-0.05, 0) is 50.5 Å². The van der Waals surface area contributed by atoms with Gasteiger partial charge in [-0.25, -0.2) is 0 Å². The molecule has 1 amide bonds. The van der Waals surface area contributed by atoms with E-state index in [0.717, 1.165) is 25.9 Å². The molecule has 0 aromatic carbocycles. The predicted octanol–water partition coefficient (Wildman–Crippen LogP) is 2.41. The van der Waals surface area contributed by atoms with Gasteiger partial charge >= 0.3 is 0 Å². The monoisotopic (exact) mass is 252 g/mol. The molecule has 2 heterocycles. The summed E-state index contributed by atoms with van der Waals surface area (Å²) in [5.41, 5.74) is 0. The number of nitrogens with one attached hydrogen (secondary N) is 1. The first-order valence-corrected chi connectivity index (χ1v) is 7.68. The maximum Gasteiger partial charge on any atom is 0.222 e. The van der Waals surface area contributed by atoms with Gasteiger partial charge in [0, 0.05) is 25.6 Å². The molecule has 2 aliphatic heterocycles. The van der Waals surface area contributed by atoms with E-state index in [0.29, 0.717) is 23.8 Å². The summed E-state index contributed by atoms with van der Waals surface area (Å²) in [4.78, 5) is 14.3. The van der Waals surface area contributed by atoms with Crippen LogP contribution in [0.4, 0.5) is 0 Å². The highest BCUT2D eigenvalue weighted by atomic mass is 16.2. The minimum Gasteiger partial charge on any atom is -0.342 e. The molecule has 0 aromatic rings. The first-order valence-electron chi connectivity index (χ1n) is 7.68. The molecule has 3 nitrogen and oxygen atoms in total. The zero-order valence-electron chi connectivity index (χ0n) is 12.0. The Kier molecular flexibility index (Phi) is 5.04. The summed E-state index contributed by atoms with van der Waals surface area (Å²) in [6.45, 7) is 7.53. The minimum absolute atomic E-state index is 0.381. The number of rotatable bonds is 4. The van der Waals surface area contributed by atoms with E-state index in [1.165, 1.54) is 32.2 Å². The zero-order valence-corrected chi connectivity index (χ0v) is 12.0. The van der Waals surface area contributed by atoms with Crippen molar-refractivity contribution in [2.75, 3.05) is 19.6 Å². The maximum absolute atomic E-state index is 12.2. The third-order valence-electron chi connectivity index (χ3n) is 4.41. The highest BCUT2D eigenvalue weighted by Crippen LogP contribution is 2.25. The Morgan fingerprint density at radius 2 is 2.17 bits per heavy atom. The van der Waals surface area contributed by atoms with E-state index < -0.39 is 0 Å². The van der Waals surface area contributed by atoms with Crippen LogP contribution in [0.5, 0.6) is 0 Å². The van der Waals surface area contributed by atoms with Crippen molar-refractivity contribution in [3.63, 3.8) is 0 Å². The number of carbonyl (C=O) groups excluding carboxylic acids is 1. The highest BCUT2D eigenvalue weighted by molar-refractivity contribution is 5.76. The van der Waals surface area contributed by atoms with Gasteiger partial charge in [-0.3, -0.25) is 4.79 Å². The molecule has 0 saturated carbocycles. The first-order chi connectivity index (χ1) is 8.66. The van der Waals surface area contributed by atoms with Gasteiger partial charge in [0.25, 0.3) is 0 Å². The van der Waals surface area contributed by atoms with Gasteiger partial charge in [0.2, 0.25) is 5.91 Å². The maximum atomic E-state index is 12.2. The predicted molar refractivity (Wildman–Crippen MR) is 74.4 cm³/mol. The Labute approximate surface area is 111 Å². The second kappa shape index (κ2) is 6.55. The van der Waals surface area contributed by atoms with Crippen LogP contribution in [0.25, 0.3) is 0 Å². The van der Waals surface area contributed by atoms with Gasteiger partial charge in [0.15, 0.2) is 0 Å². The molecule has 3 heteroatoms. The Morgan fingerprint density at radius 3 is 2.83 bits per heavy atom. The van der Waals surface area contributed by atoms with Crippen LogP contribution in [0.1, 0.15) is 52.4 Å². The van der Waals surface area contributed by atoms with E-state index in [1.807, 2.05) is 0 Å². The largest absolute Gasteiger partial charge is 0.342 e. The van der Waals surface area contributed by atoms with Crippen LogP contribution in [0.15, 0.2) is 0 Å². The number of piperidine rings is 1. The van der Waals surface area contributed by atoms with Gasteiger partial charge in [0.1, 0.15) is 0 Å². The molecule has 1 N–H and O–H groups in total. The third-order valence-corrected chi connectivity index (χ3v) is 4.41. The van der Waals surface area contributed by atoms with Gasteiger partial charge in [-0.2, -0.15) is 0 Å². The third kappa shape index (κ3) is 3.71. The molecule has 18 heavy (non-hydrogen) atoms. The number of carbonyl (C=O) groups is 1. The van der Waals surface area contributed by atoms with Crippen LogP contribution < -0.4 is 5.32 Å². The van der Waals surface area contributed by atoms with Crippen LogP contribution in [0.3, 0.4) is 0 Å². The fourth-order valence-corrected chi connectivity index (χ4v) is 3.25. The molecular weight excluding hydrogens is 224 g/mol. The molecule has 2 rings (SSSR count). The summed E-state index contributed by atoms with van der Waals surface area (Å²) in [5.74, 6) is 1.71. The van der Waals surface area contributed by atoms with Crippen LogP contribution >= 0.6 is 0 Å². The second-order valence-electron chi connectivity index (χ2n) is 6.38. The lowest BCUT2D eigenvalue weighted by atomic mass is 9.89. The molecule has 0 bridgehead atoms. The summed E-state index contributed by atoms with van der Waals surface area (Å²) in [7, 11) is 0. The topological polar surface area (TPSA) is 32.3 Å². The van der Waals surface area contributed by atoms with Crippen molar-refractivity contribution < 1.29 is 4.79 Å². The van der Waals surface area contributed by atoms with Crippen molar-refractivity contribution in [1.82, 2.24) is 10.2 Å². The molecule has 2 aliphatic rings. The molecule has 2 atom stereocenters. The number of nitrogens with zero attached hydrogens (tertiary/aromatic N) is 1. The Balaban J connectivity index is 1.80. The van der Waals surface area contributed by atoms with Gasteiger partial charge in [-0.15, -0.1) is 0 Å². The molecular formula is C15H28N2O. The summed E-state index contributed by atoms with van der Waals surface area (Å²) in [6, 6.07) is 0.672. The van der Waals surface area contributed by atoms with Crippen molar-refractivity contribution in [3.05, 3.63) is 0 Å². The van der Waals surface area contributed by atoms with E-state index in [1.54, 1.807) is 0 Å². The van der Waals surface area contributed by atoms with Gasteiger partial charge in [0.05, 0.1) is 0 Å². The van der Waals surface area contributed by atoms with Crippen molar-refractivity contribution in [1.29, 1.82) is 0 Å². The van der Waals surface area contributed by atoms with Crippen molar-refractivity contribution in [2.24, 2.45) is 11.8 Å². The van der Waals surface area contributed by atoms with Crippen molar-refractivity contribution >= 4 is 5.91 Å². The zero-order chi connectivity index (χ0) is 13.0. The Bertz CT molecular complexity index is 272. The second-order valence-corrected chi connectivity index (χ2v) is 6.38. The van der Waals surface area contributed by atoms with Crippen molar-refractivity contribution in [3.8, 4) is 0 Å². The van der Waals surface area contributed by atoms with Crippen LogP contribution in [0.2, 0.25) is 0 Å². The lowest BCUT2D eigenvalue weighted by molar-refractivity contribution is -0.133. The molecule has 0 aliphatic carbocycles. The summed E-state index contributed by atoms with van der Waals surface area (Å²) in [5, 5.41) is 3.60. The average Bonchev–Trinajstić information content (AvgIpc) is 2.90. The van der Waals surface area contributed by atoms with E-state index >= 15 is 0 Å². The first kappa shape index (κ1) is 13.9. The van der Waals surface area contributed by atoms with E-state index in [4.69, 9.17) is 0 Å². The number of amides is 1. The summed E-state index contributed by atoms with van der Waals surface area (Å²) < 4.78 is 0. The lowest BCUT2D eigenvalue weighted by Crippen LogP contribution is -2.45. The number of hydrogen-bond donors (Lipinski definition) is 1. The fraction of sp³-hybridized carbons (Fsp3) is 0.933. The smallest absolute Gasteiger partial charge is 0.222 e. The van der Waals surface area contributed by atoms with Crippen LogP contribution in [-0.4, -0.2) is 36.5 Å². The average molecular weight is 252 g/mol. The number of likely N-dealkylation sites (tertiary alicyclic amines) is 1. The normalized spacial score (nSPS) is 28.9. The number of hydrogen-bond acceptors (Lipinski definition) is 2. The van der Waals surface area contributed by atoms with Crippen molar-refractivity contribution in [2.45, 2.75) is 58.4 Å². The summed E-state index contributed by atoms with van der Waals surface area (Å²) in [6.07, 6.45) is 6.87. The quantitative estimate of drug-likeness (QED) is 0.833. The molecule has 0 spiro atoms. The fourth-order valence-electron chi connectivity index (χ4n) is 3.25. The van der Waals surface area contributed by atoms with Gasteiger partial charge < -0.3 is 10.2 Å². The van der Waals surface area contributed by atoms with E-state index in [9.17, 15) is 4.79 Å².